The van der Waals surface area contributed by atoms with Gasteiger partial charge in [-0.25, -0.2) is 4.68 Å². The van der Waals surface area contributed by atoms with Crippen molar-refractivity contribution in [3.63, 3.8) is 0 Å². The lowest BCUT2D eigenvalue weighted by Gasteiger charge is -2.38. The number of unbranched alkanes of at least 4 members (excludes halogenated alkanes) is 2. The molecule has 3 aliphatic heterocycles. The molecule has 2 bridgehead atoms. The number of para-hydroxylation sites is 1. The van der Waals surface area contributed by atoms with Gasteiger partial charge in [0.25, 0.3) is 0 Å². The van der Waals surface area contributed by atoms with E-state index in [1.165, 1.54) is 4.90 Å². The first kappa shape index (κ1) is 29.4. The molecule has 3 fully saturated rings. The molecular formula is C29H36BrN5O6. The molecular weight excluding hydrogens is 594 g/mol. The molecule has 2 aromatic rings. The number of amides is 2. The summed E-state index contributed by atoms with van der Waals surface area (Å²) in [7, 11) is 0. The van der Waals surface area contributed by atoms with Crippen molar-refractivity contribution in [1.82, 2.24) is 24.8 Å². The number of halogens is 1. The molecule has 12 heteroatoms. The fourth-order valence-electron chi connectivity index (χ4n) is 6.57. The molecule has 0 radical (unpaired) electrons. The van der Waals surface area contributed by atoms with Gasteiger partial charge in [-0.2, -0.15) is 0 Å². The molecule has 7 atom stereocenters. The highest BCUT2D eigenvalue weighted by atomic mass is 79.9. The molecule has 3 aliphatic rings. The number of likely N-dealkylation sites (tertiary alicyclic amines) is 1. The van der Waals surface area contributed by atoms with Crippen molar-refractivity contribution in [3.05, 3.63) is 49.6 Å². The van der Waals surface area contributed by atoms with Gasteiger partial charge in [0.1, 0.15) is 23.8 Å². The van der Waals surface area contributed by atoms with E-state index in [2.05, 4.69) is 39.4 Å². The van der Waals surface area contributed by atoms with Gasteiger partial charge in [0, 0.05) is 11.4 Å². The molecule has 0 saturated carbocycles. The fraction of sp³-hybridized carbons (Fsp3) is 0.552. The maximum absolute atomic E-state index is 14.5. The van der Waals surface area contributed by atoms with E-state index in [0.717, 1.165) is 18.4 Å². The Morgan fingerprint density at radius 3 is 2.83 bits per heavy atom. The summed E-state index contributed by atoms with van der Waals surface area (Å²) in [6.07, 6.45) is 5.51. The number of benzene rings is 1. The second kappa shape index (κ2) is 12.0. The number of aliphatic hydroxyl groups excluding tert-OH is 1. The Labute approximate surface area is 247 Å². The third-order valence-electron chi connectivity index (χ3n) is 8.41. The average molecular weight is 631 g/mol. The maximum atomic E-state index is 14.5. The van der Waals surface area contributed by atoms with E-state index in [9.17, 15) is 19.5 Å². The molecule has 1 N–H and O–H groups in total. The number of rotatable bonds is 13. The zero-order chi connectivity index (χ0) is 29.3. The van der Waals surface area contributed by atoms with Gasteiger partial charge >= 0.3 is 5.97 Å². The number of aromatic nitrogens is 3. The summed E-state index contributed by atoms with van der Waals surface area (Å²) in [5.74, 6) is -3.02. The Balaban J connectivity index is 1.47. The zero-order valence-corrected chi connectivity index (χ0v) is 24.7. The lowest BCUT2D eigenvalue weighted by atomic mass is 9.70. The van der Waals surface area contributed by atoms with Crippen LogP contribution < -0.4 is 0 Å². The molecule has 3 unspecified atom stereocenters. The van der Waals surface area contributed by atoms with Crippen LogP contribution in [0.1, 0.15) is 32.6 Å². The van der Waals surface area contributed by atoms with Crippen LogP contribution >= 0.6 is 15.9 Å². The zero-order valence-electron chi connectivity index (χ0n) is 23.1. The Morgan fingerprint density at radius 1 is 1.32 bits per heavy atom. The Hall–Kier alpha value is -3.09. The largest absolute Gasteiger partial charge is 0.465 e. The van der Waals surface area contributed by atoms with E-state index < -0.39 is 41.6 Å². The number of hydrogen-bond acceptors (Lipinski definition) is 8. The predicted octanol–water partition coefficient (Wildman–Crippen LogP) is 2.43. The highest BCUT2D eigenvalue weighted by Crippen LogP contribution is 2.60. The van der Waals surface area contributed by atoms with Crippen molar-refractivity contribution in [2.75, 3.05) is 19.8 Å². The van der Waals surface area contributed by atoms with Crippen molar-refractivity contribution >= 4 is 44.7 Å². The van der Waals surface area contributed by atoms with Crippen LogP contribution in [0.15, 0.2) is 49.6 Å². The molecule has 220 valence electrons. The minimum absolute atomic E-state index is 0.0650. The van der Waals surface area contributed by atoms with Crippen molar-refractivity contribution in [1.29, 1.82) is 0 Å². The smallest absolute Gasteiger partial charge is 0.312 e. The maximum Gasteiger partial charge on any atom is 0.312 e. The molecule has 3 saturated heterocycles. The van der Waals surface area contributed by atoms with Gasteiger partial charge in [-0.1, -0.05) is 45.4 Å². The number of carbonyl (C=O) groups is 3. The van der Waals surface area contributed by atoms with Crippen LogP contribution in [0.5, 0.6) is 0 Å². The number of carbonyl (C=O) groups excluding carboxylic acids is 3. The second-order valence-corrected chi connectivity index (χ2v) is 12.1. The van der Waals surface area contributed by atoms with Crippen LogP contribution in [0.25, 0.3) is 11.0 Å². The normalized spacial score (nSPS) is 29.0. The molecule has 1 aromatic heterocycles. The summed E-state index contributed by atoms with van der Waals surface area (Å²) >= 11 is 3.67. The standard InChI is InChI=1S/C29H36BrN5O6/c1-4-6-7-10-14-40-28(39)22-23-26(37)35(18(3)16-36)25(29(23)15-19(30)24(22)41-29)27(38)33(13-5-2)17-34-21-12-9-8-11-20(21)31-32-34/h4-5,8-9,11-12,18-19,22-25,36H,1-2,6-7,10,13-17H2,3H3/t18-,19?,22+,23+,24+,25?,29?/m1/s1. The van der Waals surface area contributed by atoms with Crippen LogP contribution in [0.4, 0.5) is 0 Å². The van der Waals surface area contributed by atoms with E-state index >= 15 is 0 Å². The fourth-order valence-corrected chi connectivity index (χ4v) is 7.51. The lowest BCUT2D eigenvalue weighted by molar-refractivity contribution is -0.156. The van der Waals surface area contributed by atoms with Crippen molar-refractivity contribution in [2.24, 2.45) is 11.8 Å². The van der Waals surface area contributed by atoms with E-state index in [0.29, 0.717) is 18.4 Å². The Bertz CT molecular complexity index is 1330. The number of esters is 1. The molecule has 0 aliphatic carbocycles. The van der Waals surface area contributed by atoms with Crippen molar-refractivity contribution in [3.8, 4) is 0 Å². The quantitative estimate of drug-likeness (QED) is 0.155. The van der Waals surface area contributed by atoms with E-state index in [4.69, 9.17) is 9.47 Å². The molecule has 1 spiro atoms. The van der Waals surface area contributed by atoms with Gasteiger partial charge in [-0.3, -0.25) is 14.4 Å². The van der Waals surface area contributed by atoms with Gasteiger partial charge in [0.05, 0.1) is 42.7 Å². The minimum Gasteiger partial charge on any atom is -0.465 e. The summed E-state index contributed by atoms with van der Waals surface area (Å²) in [6, 6.07) is 5.69. The van der Waals surface area contributed by atoms with Crippen molar-refractivity contribution in [2.45, 2.75) is 67.9 Å². The number of alkyl halides is 1. The number of fused-ring (bicyclic) bond motifs is 2. The lowest BCUT2D eigenvalue weighted by Crippen LogP contribution is -2.58. The predicted molar refractivity (Wildman–Crippen MR) is 154 cm³/mol. The third kappa shape index (κ3) is 4.99. The van der Waals surface area contributed by atoms with E-state index in [1.807, 2.05) is 30.3 Å². The van der Waals surface area contributed by atoms with Crippen molar-refractivity contribution < 1.29 is 29.0 Å². The van der Waals surface area contributed by atoms with Crippen LogP contribution in [0, 0.1) is 11.8 Å². The molecule has 1 aromatic carbocycles. The first-order valence-corrected chi connectivity index (χ1v) is 14.9. The number of ether oxygens (including phenoxy) is 2. The Kier molecular flexibility index (Phi) is 8.62. The van der Waals surface area contributed by atoms with Gasteiger partial charge in [-0.15, -0.1) is 18.3 Å². The third-order valence-corrected chi connectivity index (χ3v) is 9.25. The van der Waals surface area contributed by atoms with Crippen LogP contribution in [-0.2, 0) is 30.5 Å². The molecule has 4 heterocycles. The summed E-state index contributed by atoms with van der Waals surface area (Å²) in [5.41, 5.74) is 0.185. The second-order valence-electron chi connectivity index (χ2n) is 11.0. The number of allylic oxidation sites excluding steroid dienone is 1. The Morgan fingerprint density at radius 2 is 2.10 bits per heavy atom. The SMILES string of the molecule is C=CCCCCOC(=O)[C@H]1[C@H]2C(=O)N([C@H](C)CO)C(C(=O)N(CC=C)Cn3nnc4ccccc43)C23CC(Br)[C@@H]1O3. The average Bonchev–Trinajstić information content (AvgIpc) is 3.69. The van der Waals surface area contributed by atoms with Gasteiger partial charge < -0.3 is 24.4 Å². The van der Waals surface area contributed by atoms with E-state index in [-0.39, 0.29) is 43.1 Å². The monoisotopic (exact) mass is 629 g/mol. The topological polar surface area (TPSA) is 127 Å². The first-order valence-electron chi connectivity index (χ1n) is 14.0. The highest BCUT2D eigenvalue weighted by molar-refractivity contribution is 9.09. The number of aliphatic hydroxyl groups is 1. The van der Waals surface area contributed by atoms with Crippen LogP contribution in [0.3, 0.4) is 0 Å². The summed E-state index contributed by atoms with van der Waals surface area (Å²) in [4.78, 5) is 44.7. The van der Waals surface area contributed by atoms with E-state index in [1.54, 1.807) is 22.6 Å². The minimum atomic E-state index is -1.26. The summed E-state index contributed by atoms with van der Waals surface area (Å²) in [6.45, 7) is 9.34. The van der Waals surface area contributed by atoms with Gasteiger partial charge in [0.2, 0.25) is 11.8 Å². The van der Waals surface area contributed by atoms with Gasteiger partial charge in [0.15, 0.2) is 0 Å². The van der Waals surface area contributed by atoms with Crippen LogP contribution in [-0.4, -0.2) is 96.1 Å². The summed E-state index contributed by atoms with van der Waals surface area (Å²) < 4.78 is 13.8. The summed E-state index contributed by atoms with van der Waals surface area (Å²) in [5, 5.41) is 18.5. The molecule has 11 nitrogen and oxygen atoms in total. The number of hydrogen-bond donors (Lipinski definition) is 1. The number of nitrogens with zero attached hydrogens (tertiary/aromatic N) is 5. The van der Waals surface area contributed by atoms with Crippen LogP contribution in [0.2, 0.25) is 0 Å². The molecule has 41 heavy (non-hydrogen) atoms. The molecule has 2 amide bonds. The first-order chi connectivity index (χ1) is 19.8. The molecule has 5 rings (SSSR count). The highest BCUT2D eigenvalue weighted by Gasteiger charge is 2.77. The van der Waals surface area contributed by atoms with Gasteiger partial charge in [-0.05, 0) is 44.7 Å².